The van der Waals surface area contributed by atoms with Crippen LogP contribution in [0.4, 0.5) is 0 Å². The number of aryl methyl sites for hydroxylation is 1. The number of aliphatic hydroxyl groups is 1. The van der Waals surface area contributed by atoms with E-state index >= 15 is 0 Å². The molecule has 88 valence electrons. The molecule has 1 N–H and O–H groups in total. The first-order chi connectivity index (χ1) is 7.54. The first-order valence-corrected chi connectivity index (χ1v) is 5.62. The van der Waals surface area contributed by atoms with Crippen LogP contribution in [0.3, 0.4) is 0 Å². The molecule has 0 spiro atoms. The Kier molecular flexibility index (Phi) is 4.56. The minimum atomic E-state index is -0.509. The summed E-state index contributed by atoms with van der Waals surface area (Å²) in [5.74, 6) is 0.746. The monoisotopic (exact) mass is 220 g/mol. The van der Waals surface area contributed by atoms with E-state index < -0.39 is 6.10 Å². The highest BCUT2D eigenvalue weighted by atomic mass is 16.5. The molecule has 0 heterocycles. The first-order valence-electron chi connectivity index (χ1n) is 5.62. The van der Waals surface area contributed by atoms with Gasteiger partial charge < -0.3 is 9.84 Å². The van der Waals surface area contributed by atoms with E-state index in [0.717, 1.165) is 28.9 Å². The van der Waals surface area contributed by atoms with Crippen LogP contribution in [0.1, 0.15) is 37.5 Å². The van der Waals surface area contributed by atoms with Crippen LogP contribution >= 0.6 is 0 Å². The molecule has 1 rings (SSSR count). The van der Waals surface area contributed by atoms with Gasteiger partial charge in [0, 0.05) is 5.56 Å². The number of benzene rings is 1. The van der Waals surface area contributed by atoms with Crippen LogP contribution in [0.2, 0.25) is 0 Å². The molecule has 0 saturated carbocycles. The second kappa shape index (κ2) is 5.71. The summed E-state index contributed by atoms with van der Waals surface area (Å²) in [4.78, 5) is 0. The maximum absolute atomic E-state index is 9.65. The quantitative estimate of drug-likeness (QED) is 0.771. The Morgan fingerprint density at radius 1 is 1.50 bits per heavy atom. The molecule has 0 aliphatic heterocycles. The third-order valence-electron chi connectivity index (χ3n) is 2.55. The second-order valence-electron chi connectivity index (χ2n) is 4.11. The zero-order valence-electron chi connectivity index (χ0n) is 10.3. The molecule has 2 nitrogen and oxygen atoms in total. The smallest absolute Gasteiger partial charge is 0.125 e. The molecule has 0 aliphatic carbocycles. The molecule has 0 unspecified atom stereocenters. The van der Waals surface area contributed by atoms with Gasteiger partial charge in [0.25, 0.3) is 0 Å². The molecule has 1 atom stereocenters. The summed E-state index contributed by atoms with van der Waals surface area (Å²) in [6.07, 6.45) is 0.403. The van der Waals surface area contributed by atoms with E-state index in [4.69, 9.17) is 4.74 Å². The molecular formula is C14H20O2. The van der Waals surface area contributed by atoms with Crippen molar-refractivity contribution in [1.29, 1.82) is 0 Å². The van der Waals surface area contributed by atoms with Crippen molar-refractivity contribution >= 4 is 0 Å². The molecule has 1 aromatic carbocycles. The molecule has 0 fully saturated rings. The summed E-state index contributed by atoms with van der Waals surface area (Å²) in [5.41, 5.74) is 3.01. The van der Waals surface area contributed by atoms with Crippen molar-refractivity contribution in [1.82, 2.24) is 0 Å². The van der Waals surface area contributed by atoms with Gasteiger partial charge in [0.05, 0.1) is 6.10 Å². The van der Waals surface area contributed by atoms with Crippen LogP contribution < -0.4 is 4.74 Å². The molecule has 0 aromatic heterocycles. The summed E-state index contributed by atoms with van der Waals surface area (Å²) >= 11 is 0. The van der Waals surface area contributed by atoms with Crippen LogP contribution in [0.25, 0.3) is 0 Å². The highest BCUT2D eigenvalue weighted by molar-refractivity contribution is 5.38. The molecule has 0 aliphatic rings. The van der Waals surface area contributed by atoms with Crippen LogP contribution in [0, 0.1) is 6.92 Å². The third kappa shape index (κ3) is 3.38. The minimum absolute atomic E-state index is 0.509. The Bertz CT molecular complexity index is 367. The lowest BCUT2D eigenvalue weighted by molar-refractivity contribution is 0.192. The summed E-state index contributed by atoms with van der Waals surface area (Å²) in [6, 6.07) is 5.84. The lowest BCUT2D eigenvalue weighted by Gasteiger charge is -2.14. The number of hydrogen-bond donors (Lipinski definition) is 1. The molecule has 0 bridgehead atoms. The standard InChI is InChI=1S/C14H20O2/c1-5-10(2)9-16-14-7-6-11(3)8-13(14)12(4)15/h6-8,12,15H,2,5,9H2,1,3-4H3/t12-/m0/s1. The maximum atomic E-state index is 9.65. The normalized spacial score (nSPS) is 12.2. The molecule has 0 radical (unpaired) electrons. The van der Waals surface area contributed by atoms with E-state index in [1.54, 1.807) is 6.92 Å². The zero-order chi connectivity index (χ0) is 12.1. The fourth-order valence-electron chi connectivity index (χ4n) is 1.41. The summed E-state index contributed by atoms with van der Waals surface area (Å²) in [5, 5.41) is 9.65. The number of ether oxygens (including phenoxy) is 1. The van der Waals surface area contributed by atoms with E-state index in [9.17, 15) is 5.11 Å². The van der Waals surface area contributed by atoms with Crippen molar-refractivity contribution in [3.05, 3.63) is 41.5 Å². The Morgan fingerprint density at radius 2 is 2.19 bits per heavy atom. The van der Waals surface area contributed by atoms with Crippen molar-refractivity contribution in [3.63, 3.8) is 0 Å². The number of hydrogen-bond acceptors (Lipinski definition) is 2. The van der Waals surface area contributed by atoms with E-state index in [1.807, 2.05) is 25.1 Å². The van der Waals surface area contributed by atoms with Gasteiger partial charge in [-0.25, -0.2) is 0 Å². The van der Waals surface area contributed by atoms with Crippen LogP contribution in [-0.4, -0.2) is 11.7 Å². The average molecular weight is 220 g/mol. The van der Waals surface area contributed by atoms with Crippen molar-refractivity contribution in [2.24, 2.45) is 0 Å². The lowest BCUT2D eigenvalue weighted by Crippen LogP contribution is -2.04. The molecular weight excluding hydrogens is 200 g/mol. The highest BCUT2D eigenvalue weighted by Gasteiger charge is 2.09. The molecule has 0 saturated heterocycles. The summed E-state index contributed by atoms with van der Waals surface area (Å²) in [6.45, 7) is 10.2. The SMILES string of the molecule is C=C(CC)COc1ccc(C)cc1[C@H](C)O. The molecule has 0 amide bonds. The second-order valence-corrected chi connectivity index (χ2v) is 4.11. The van der Waals surface area contributed by atoms with Gasteiger partial charge in [-0.15, -0.1) is 0 Å². The molecule has 1 aromatic rings. The van der Waals surface area contributed by atoms with Crippen LogP contribution in [-0.2, 0) is 0 Å². The fourth-order valence-corrected chi connectivity index (χ4v) is 1.41. The van der Waals surface area contributed by atoms with Gasteiger partial charge in [-0.3, -0.25) is 0 Å². The van der Waals surface area contributed by atoms with Gasteiger partial charge >= 0.3 is 0 Å². The molecule has 2 heteroatoms. The maximum Gasteiger partial charge on any atom is 0.125 e. The van der Waals surface area contributed by atoms with Gasteiger partial charge in [-0.1, -0.05) is 25.1 Å². The van der Waals surface area contributed by atoms with Gasteiger partial charge in [0.1, 0.15) is 12.4 Å². The molecule has 16 heavy (non-hydrogen) atoms. The van der Waals surface area contributed by atoms with E-state index in [-0.39, 0.29) is 0 Å². The van der Waals surface area contributed by atoms with Crippen LogP contribution in [0.15, 0.2) is 30.4 Å². The number of rotatable bonds is 5. The van der Waals surface area contributed by atoms with Crippen LogP contribution in [0.5, 0.6) is 5.75 Å². The Labute approximate surface area is 97.6 Å². The van der Waals surface area contributed by atoms with Crippen molar-refractivity contribution < 1.29 is 9.84 Å². The summed E-state index contributed by atoms with van der Waals surface area (Å²) < 4.78 is 5.65. The van der Waals surface area contributed by atoms with Gasteiger partial charge in [0.2, 0.25) is 0 Å². The fraction of sp³-hybridized carbons (Fsp3) is 0.429. The predicted molar refractivity (Wildman–Crippen MR) is 66.7 cm³/mol. The van der Waals surface area contributed by atoms with Gasteiger partial charge in [0.15, 0.2) is 0 Å². The van der Waals surface area contributed by atoms with Crippen molar-refractivity contribution in [2.75, 3.05) is 6.61 Å². The average Bonchev–Trinajstić information content (AvgIpc) is 2.26. The first kappa shape index (κ1) is 12.8. The predicted octanol–water partition coefficient (Wildman–Crippen LogP) is 3.39. The Hall–Kier alpha value is -1.28. The summed E-state index contributed by atoms with van der Waals surface area (Å²) in [7, 11) is 0. The minimum Gasteiger partial charge on any atom is -0.489 e. The largest absolute Gasteiger partial charge is 0.489 e. The zero-order valence-corrected chi connectivity index (χ0v) is 10.3. The van der Waals surface area contributed by atoms with Crippen molar-refractivity contribution in [3.8, 4) is 5.75 Å². The van der Waals surface area contributed by atoms with Gasteiger partial charge in [-0.2, -0.15) is 0 Å². The highest BCUT2D eigenvalue weighted by Crippen LogP contribution is 2.26. The van der Waals surface area contributed by atoms with E-state index in [2.05, 4.69) is 13.5 Å². The van der Waals surface area contributed by atoms with Crippen molar-refractivity contribution in [2.45, 2.75) is 33.3 Å². The van der Waals surface area contributed by atoms with E-state index in [1.165, 1.54) is 0 Å². The Balaban J connectivity index is 2.82. The Morgan fingerprint density at radius 3 is 2.75 bits per heavy atom. The topological polar surface area (TPSA) is 29.5 Å². The lowest BCUT2D eigenvalue weighted by atomic mass is 10.1. The third-order valence-corrected chi connectivity index (χ3v) is 2.55. The van der Waals surface area contributed by atoms with E-state index in [0.29, 0.717) is 6.61 Å². The number of aliphatic hydroxyl groups excluding tert-OH is 1. The van der Waals surface area contributed by atoms with Gasteiger partial charge in [-0.05, 0) is 38.0 Å².